The van der Waals surface area contributed by atoms with Gasteiger partial charge in [-0.15, -0.1) is 0 Å². The Morgan fingerprint density at radius 1 is 1.31 bits per heavy atom. The summed E-state index contributed by atoms with van der Waals surface area (Å²) in [4.78, 5) is 0. The van der Waals surface area contributed by atoms with Gasteiger partial charge in [0.05, 0.1) is 6.10 Å². The Morgan fingerprint density at radius 2 is 2.00 bits per heavy atom. The van der Waals surface area contributed by atoms with Crippen molar-refractivity contribution >= 4 is 0 Å². The van der Waals surface area contributed by atoms with Crippen molar-refractivity contribution in [2.45, 2.75) is 59.0 Å². The predicted molar refractivity (Wildman–Crippen MR) is 69.1 cm³/mol. The molecule has 4 atom stereocenters. The van der Waals surface area contributed by atoms with Crippen molar-refractivity contribution in [1.29, 1.82) is 0 Å². The van der Waals surface area contributed by atoms with Gasteiger partial charge in [-0.1, -0.05) is 40.0 Å². The van der Waals surface area contributed by atoms with E-state index >= 15 is 0 Å². The largest absolute Gasteiger partial charge is 0.392 e. The van der Waals surface area contributed by atoms with Crippen LogP contribution in [0.4, 0.5) is 0 Å². The van der Waals surface area contributed by atoms with Crippen LogP contribution in [-0.4, -0.2) is 17.8 Å². The van der Waals surface area contributed by atoms with E-state index in [0.29, 0.717) is 18.4 Å². The maximum Gasteiger partial charge on any atom is 0.0611 e. The first-order valence-corrected chi connectivity index (χ1v) is 6.98. The molecule has 0 bridgehead atoms. The molecular formula is C14H29NO. The molecule has 3 N–H and O–H groups in total. The van der Waals surface area contributed by atoms with E-state index in [4.69, 9.17) is 5.73 Å². The zero-order valence-corrected chi connectivity index (χ0v) is 11.2. The fraction of sp³-hybridized carbons (Fsp3) is 1.00. The molecule has 4 unspecified atom stereocenters. The van der Waals surface area contributed by atoms with Gasteiger partial charge in [-0.3, -0.25) is 0 Å². The summed E-state index contributed by atoms with van der Waals surface area (Å²) in [6.45, 7) is 7.22. The molecule has 0 aromatic rings. The second kappa shape index (κ2) is 6.61. The normalized spacial score (nSPS) is 30.4. The molecule has 1 fully saturated rings. The highest BCUT2D eigenvalue weighted by Crippen LogP contribution is 2.36. The van der Waals surface area contributed by atoms with Crippen molar-refractivity contribution in [3.05, 3.63) is 0 Å². The summed E-state index contributed by atoms with van der Waals surface area (Å²) in [6.07, 6.45) is 6.13. The number of aliphatic hydroxyl groups is 1. The van der Waals surface area contributed by atoms with E-state index in [9.17, 15) is 5.11 Å². The summed E-state index contributed by atoms with van der Waals surface area (Å²) < 4.78 is 0. The van der Waals surface area contributed by atoms with E-state index in [0.717, 1.165) is 5.92 Å². The first-order valence-electron chi connectivity index (χ1n) is 6.98. The third-order valence-electron chi connectivity index (χ3n) is 4.45. The molecule has 0 aromatic carbocycles. The number of aliphatic hydroxyl groups excluding tert-OH is 1. The lowest BCUT2D eigenvalue weighted by atomic mass is 9.73. The molecular weight excluding hydrogens is 198 g/mol. The summed E-state index contributed by atoms with van der Waals surface area (Å²) >= 11 is 0. The van der Waals surface area contributed by atoms with Gasteiger partial charge in [0.2, 0.25) is 0 Å². The molecule has 0 heterocycles. The van der Waals surface area contributed by atoms with Crippen LogP contribution in [0.2, 0.25) is 0 Å². The highest BCUT2D eigenvalue weighted by atomic mass is 16.3. The van der Waals surface area contributed by atoms with Crippen molar-refractivity contribution in [2.75, 3.05) is 6.54 Å². The molecule has 16 heavy (non-hydrogen) atoms. The van der Waals surface area contributed by atoms with Gasteiger partial charge in [-0.25, -0.2) is 0 Å². The van der Waals surface area contributed by atoms with Gasteiger partial charge >= 0.3 is 0 Å². The Labute approximate surface area is 101 Å². The van der Waals surface area contributed by atoms with Gasteiger partial charge < -0.3 is 10.8 Å². The van der Waals surface area contributed by atoms with E-state index in [2.05, 4.69) is 20.8 Å². The molecule has 0 aromatic heterocycles. The molecule has 96 valence electrons. The molecule has 0 aliphatic heterocycles. The molecule has 0 spiro atoms. The SMILES string of the molecule is CCC1CCCC(C(O)C(CN)C(C)C)C1. The van der Waals surface area contributed by atoms with Crippen LogP contribution in [0, 0.1) is 23.7 Å². The number of hydrogen-bond donors (Lipinski definition) is 2. The Bertz CT molecular complexity index is 193. The Balaban J connectivity index is 2.54. The fourth-order valence-corrected chi connectivity index (χ4v) is 3.17. The van der Waals surface area contributed by atoms with Gasteiger partial charge in [0.15, 0.2) is 0 Å². The molecule has 1 rings (SSSR count). The summed E-state index contributed by atoms with van der Waals surface area (Å²) in [5, 5.41) is 10.4. The van der Waals surface area contributed by atoms with Crippen LogP contribution in [0.15, 0.2) is 0 Å². The van der Waals surface area contributed by atoms with Crippen molar-refractivity contribution in [3.8, 4) is 0 Å². The number of rotatable bonds is 5. The highest BCUT2D eigenvalue weighted by molar-refractivity contribution is 4.83. The molecule has 0 radical (unpaired) electrons. The van der Waals surface area contributed by atoms with Gasteiger partial charge in [0.25, 0.3) is 0 Å². The summed E-state index contributed by atoms with van der Waals surface area (Å²) in [5.41, 5.74) is 5.79. The third-order valence-corrected chi connectivity index (χ3v) is 4.45. The minimum Gasteiger partial charge on any atom is -0.392 e. The lowest BCUT2D eigenvalue weighted by molar-refractivity contribution is 0.00858. The second-order valence-corrected chi connectivity index (χ2v) is 5.84. The molecule has 2 nitrogen and oxygen atoms in total. The summed E-state index contributed by atoms with van der Waals surface area (Å²) in [5.74, 6) is 2.09. The smallest absolute Gasteiger partial charge is 0.0611 e. The molecule has 1 saturated carbocycles. The lowest BCUT2D eigenvalue weighted by Gasteiger charge is -2.36. The fourth-order valence-electron chi connectivity index (χ4n) is 3.17. The summed E-state index contributed by atoms with van der Waals surface area (Å²) in [7, 11) is 0. The van der Waals surface area contributed by atoms with Gasteiger partial charge in [-0.2, -0.15) is 0 Å². The van der Waals surface area contributed by atoms with Crippen molar-refractivity contribution in [1.82, 2.24) is 0 Å². The zero-order valence-electron chi connectivity index (χ0n) is 11.2. The number of hydrogen-bond acceptors (Lipinski definition) is 2. The topological polar surface area (TPSA) is 46.2 Å². The second-order valence-electron chi connectivity index (χ2n) is 5.84. The average molecular weight is 227 g/mol. The van der Waals surface area contributed by atoms with Gasteiger partial charge in [0, 0.05) is 0 Å². The minimum absolute atomic E-state index is 0.181. The minimum atomic E-state index is -0.181. The van der Waals surface area contributed by atoms with Crippen LogP contribution in [-0.2, 0) is 0 Å². The molecule has 0 amide bonds. The molecule has 1 aliphatic rings. The van der Waals surface area contributed by atoms with E-state index in [1.54, 1.807) is 0 Å². The lowest BCUT2D eigenvalue weighted by Crippen LogP contribution is -2.39. The van der Waals surface area contributed by atoms with Crippen LogP contribution in [0.25, 0.3) is 0 Å². The average Bonchev–Trinajstić information content (AvgIpc) is 2.29. The molecule has 2 heteroatoms. The number of nitrogens with two attached hydrogens (primary N) is 1. The monoisotopic (exact) mass is 227 g/mol. The van der Waals surface area contributed by atoms with Crippen LogP contribution >= 0.6 is 0 Å². The van der Waals surface area contributed by atoms with Gasteiger partial charge in [-0.05, 0) is 43.1 Å². The van der Waals surface area contributed by atoms with Gasteiger partial charge in [0.1, 0.15) is 0 Å². The van der Waals surface area contributed by atoms with Crippen molar-refractivity contribution in [2.24, 2.45) is 29.4 Å². The van der Waals surface area contributed by atoms with Crippen LogP contribution in [0.5, 0.6) is 0 Å². The standard InChI is InChI=1S/C14H29NO/c1-4-11-6-5-7-12(8-11)14(16)13(9-15)10(2)3/h10-14,16H,4-9,15H2,1-3H3. The van der Waals surface area contributed by atoms with E-state index in [1.165, 1.54) is 32.1 Å². The van der Waals surface area contributed by atoms with Crippen LogP contribution < -0.4 is 5.73 Å². The van der Waals surface area contributed by atoms with Crippen molar-refractivity contribution < 1.29 is 5.11 Å². The zero-order chi connectivity index (χ0) is 12.1. The molecule has 0 saturated heterocycles. The van der Waals surface area contributed by atoms with Crippen LogP contribution in [0.3, 0.4) is 0 Å². The first kappa shape index (κ1) is 14.0. The van der Waals surface area contributed by atoms with E-state index in [-0.39, 0.29) is 12.0 Å². The van der Waals surface area contributed by atoms with Crippen LogP contribution in [0.1, 0.15) is 52.9 Å². The highest BCUT2D eigenvalue weighted by Gasteiger charge is 2.32. The first-order chi connectivity index (χ1) is 7.60. The van der Waals surface area contributed by atoms with E-state index < -0.39 is 0 Å². The Hall–Kier alpha value is -0.0800. The van der Waals surface area contributed by atoms with Crippen molar-refractivity contribution in [3.63, 3.8) is 0 Å². The Kier molecular flexibility index (Phi) is 5.77. The maximum absolute atomic E-state index is 10.4. The maximum atomic E-state index is 10.4. The summed E-state index contributed by atoms with van der Waals surface area (Å²) in [6, 6.07) is 0. The van der Waals surface area contributed by atoms with E-state index in [1.807, 2.05) is 0 Å². The molecule has 1 aliphatic carbocycles. The Morgan fingerprint density at radius 3 is 2.50 bits per heavy atom. The quantitative estimate of drug-likeness (QED) is 0.758. The third kappa shape index (κ3) is 3.46. The predicted octanol–water partition coefficient (Wildman–Crippen LogP) is 2.79.